The fraction of sp³-hybridized carbons (Fsp3) is 0.467. The van der Waals surface area contributed by atoms with Crippen LogP contribution in [0.2, 0.25) is 0 Å². The minimum absolute atomic E-state index is 0.0383. The van der Waals surface area contributed by atoms with E-state index in [1.165, 1.54) is 0 Å². The summed E-state index contributed by atoms with van der Waals surface area (Å²) >= 11 is 0. The van der Waals surface area contributed by atoms with Gasteiger partial charge in [-0.1, -0.05) is 38.3 Å². The predicted molar refractivity (Wildman–Crippen MR) is 85.3 cm³/mol. The summed E-state index contributed by atoms with van der Waals surface area (Å²) in [5.41, 5.74) is 1.06. The van der Waals surface area contributed by atoms with Gasteiger partial charge in [0.2, 0.25) is 15.9 Å². The molecule has 1 heterocycles. The van der Waals surface area contributed by atoms with Crippen LogP contribution in [0.1, 0.15) is 38.5 Å². The van der Waals surface area contributed by atoms with Gasteiger partial charge in [0.25, 0.3) is 0 Å². The summed E-state index contributed by atoms with van der Waals surface area (Å²) in [5.74, 6) is -1.63. The lowest BCUT2D eigenvalue weighted by Crippen LogP contribution is -2.41. The number of benzene rings is 1. The molecule has 1 aromatic carbocycles. The van der Waals surface area contributed by atoms with Crippen LogP contribution < -0.4 is 4.72 Å². The molecular formula is C15H20N2O5S. The van der Waals surface area contributed by atoms with E-state index >= 15 is 0 Å². The topological polar surface area (TPSA) is 110 Å². The van der Waals surface area contributed by atoms with Crippen LogP contribution in [0.15, 0.2) is 28.7 Å². The van der Waals surface area contributed by atoms with E-state index in [1.807, 2.05) is 6.92 Å². The normalized spacial score (nSPS) is 13.3. The minimum Gasteiger partial charge on any atom is -0.480 e. The van der Waals surface area contributed by atoms with Crippen molar-refractivity contribution in [3.63, 3.8) is 0 Å². The minimum atomic E-state index is -3.85. The number of rotatable bonds is 9. The lowest BCUT2D eigenvalue weighted by atomic mass is 10.1. The zero-order chi connectivity index (χ0) is 16.9. The van der Waals surface area contributed by atoms with Crippen LogP contribution in [0, 0.1) is 0 Å². The number of hydrogen-bond acceptors (Lipinski definition) is 5. The number of carboxylic acids is 1. The molecule has 23 heavy (non-hydrogen) atoms. The van der Waals surface area contributed by atoms with Crippen LogP contribution in [0.4, 0.5) is 0 Å². The maximum absolute atomic E-state index is 12.1. The van der Waals surface area contributed by atoms with Gasteiger partial charge in [0.15, 0.2) is 5.58 Å². The smallest absolute Gasteiger partial charge is 0.321 e. The van der Waals surface area contributed by atoms with E-state index in [-0.39, 0.29) is 12.3 Å². The molecule has 0 saturated heterocycles. The van der Waals surface area contributed by atoms with Crippen molar-refractivity contribution in [2.24, 2.45) is 0 Å². The van der Waals surface area contributed by atoms with E-state index in [0.29, 0.717) is 17.5 Å². The van der Waals surface area contributed by atoms with Crippen molar-refractivity contribution in [3.05, 3.63) is 30.2 Å². The van der Waals surface area contributed by atoms with Crippen LogP contribution in [0.25, 0.3) is 11.1 Å². The molecule has 0 aliphatic carbocycles. The molecule has 1 unspecified atom stereocenters. The number of para-hydroxylation sites is 2. The first-order valence-corrected chi connectivity index (χ1v) is 9.14. The summed E-state index contributed by atoms with van der Waals surface area (Å²) in [7, 11) is -3.85. The second-order valence-electron chi connectivity index (χ2n) is 5.34. The number of carboxylic acid groups (broad SMARTS) is 1. The molecule has 0 radical (unpaired) electrons. The summed E-state index contributed by atoms with van der Waals surface area (Å²) in [6, 6.07) is 5.81. The van der Waals surface area contributed by atoms with Crippen LogP contribution in [-0.4, -0.2) is 30.5 Å². The van der Waals surface area contributed by atoms with E-state index in [1.54, 1.807) is 24.3 Å². The van der Waals surface area contributed by atoms with E-state index in [2.05, 4.69) is 9.71 Å². The standard InChI is InChI=1S/C15H20N2O5S/c1-2-3-4-8-12(15(18)19)17-23(20,21)10-14-16-11-7-5-6-9-13(11)22-14/h5-7,9,12,17H,2-4,8,10H2,1H3,(H,18,19). The largest absolute Gasteiger partial charge is 0.480 e. The molecule has 2 rings (SSSR count). The van der Waals surface area contributed by atoms with Gasteiger partial charge in [-0.2, -0.15) is 0 Å². The lowest BCUT2D eigenvalue weighted by molar-refractivity contribution is -0.139. The fourth-order valence-corrected chi connectivity index (χ4v) is 3.42. The second-order valence-corrected chi connectivity index (χ2v) is 7.09. The number of sulfonamides is 1. The number of nitrogens with one attached hydrogen (secondary N) is 1. The monoisotopic (exact) mass is 340 g/mol. The molecule has 126 valence electrons. The number of oxazole rings is 1. The first kappa shape index (κ1) is 17.4. The Balaban J connectivity index is 2.05. The van der Waals surface area contributed by atoms with Crippen molar-refractivity contribution in [1.82, 2.24) is 9.71 Å². The third-order valence-electron chi connectivity index (χ3n) is 3.37. The number of aromatic nitrogens is 1. The molecule has 0 amide bonds. The zero-order valence-electron chi connectivity index (χ0n) is 12.9. The van der Waals surface area contributed by atoms with E-state index < -0.39 is 27.8 Å². The molecule has 7 nitrogen and oxygen atoms in total. The molecule has 0 aliphatic heterocycles. The molecule has 0 saturated carbocycles. The lowest BCUT2D eigenvalue weighted by Gasteiger charge is -2.13. The highest BCUT2D eigenvalue weighted by atomic mass is 32.2. The van der Waals surface area contributed by atoms with Gasteiger partial charge in [0.05, 0.1) is 0 Å². The Morgan fingerprint density at radius 1 is 1.35 bits per heavy atom. The SMILES string of the molecule is CCCCCC(NS(=O)(=O)Cc1nc2ccccc2o1)C(=O)O. The molecule has 0 bridgehead atoms. The van der Waals surface area contributed by atoms with Crippen molar-refractivity contribution >= 4 is 27.1 Å². The van der Waals surface area contributed by atoms with Crippen molar-refractivity contribution in [3.8, 4) is 0 Å². The molecule has 0 fully saturated rings. The van der Waals surface area contributed by atoms with Gasteiger partial charge >= 0.3 is 5.97 Å². The molecule has 1 atom stereocenters. The maximum Gasteiger partial charge on any atom is 0.321 e. The zero-order valence-corrected chi connectivity index (χ0v) is 13.7. The highest BCUT2D eigenvalue weighted by Gasteiger charge is 2.25. The third-order valence-corrected chi connectivity index (χ3v) is 4.64. The fourth-order valence-electron chi connectivity index (χ4n) is 2.23. The van der Waals surface area contributed by atoms with Gasteiger partial charge in [-0.25, -0.2) is 18.1 Å². The van der Waals surface area contributed by atoms with Gasteiger partial charge in [-0.05, 0) is 18.6 Å². The number of nitrogens with zero attached hydrogens (tertiary/aromatic N) is 1. The number of fused-ring (bicyclic) bond motifs is 1. The van der Waals surface area contributed by atoms with Gasteiger partial charge in [-0.15, -0.1) is 0 Å². The summed E-state index contributed by atoms with van der Waals surface area (Å²) in [5, 5.41) is 9.15. The molecule has 0 aliphatic rings. The Morgan fingerprint density at radius 2 is 2.09 bits per heavy atom. The Morgan fingerprint density at radius 3 is 2.74 bits per heavy atom. The summed E-state index contributed by atoms with van der Waals surface area (Å²) in [4.78, 5) is 15.3. The predicted octanol–water partition coefficient (Wildman–Crippen LogP) is 2.28. The molecule has 2 N–H and O–H groups in total. The van der Waals surface area contributed by atoms with Crippen molar-refractivity contribution in [2.45, 2.75) is 44.4 Å². The van der Waals surface area contributed by atoms with Crippen LogP contribution >= 0.6 is 0 Å². The number of unbranched alkanes of at least 4 members (excludes halogenated alkanes) is 2. The van der Waals surface area contributed by atoms with Crippen LogP contribution in [0.3, 0.4) is 0 Å². The van der Waals surface area contributed by atoms with E-state index in [9.17, 15) is 13.2 Å². The number of carbonyl (C=O) groups is 1. The number of aliphatic carboxylic acids is 1. The first-order valence-electron chi connectivity index (χ1n) is 7.48. The van der Waals surface area contributed by atoms with Crippen molar-refractivity contribution < 1.29 is 22.7 Å². The summed E-state index contributed by atoms with van der Waals surface area (Å²) in [6.07, 6.45) is 2.70. The van der Waals surface area contributed by atoms with Gasteiger partial charge in [-0.3, -0.25) is 4.79 Å². The van der Waals surface area contributed by atoms with Gasteiger partial charge in [0.1, 0.15) is 17.3 Å². The Hall–Kier alpha value is -1.93. The average Bonchev–Trinajstić information content (AvgIpc) is 2.87. The molecule has 0 spiro atoms. The van der Waals surface area contributed by atoms with Crippen LogP contribution in [-0.2, 0) is 20.6 Å². The average molecular weight is 340 g/mol. The Bertz CT molecular complexity index is 736. The first-order chi connectivity index (χ1) is 10.9. The highest BCUT2D eigenvalue weighted by molar-refractivity contribution is 7.88. The van der Waals surface area contributed by atoms with E-state index in [0.717, 1.165) is 12.8 Å². The molecule has 8 heteroatoms. The van der Waals surface area contributed by atoms with Crippen LogP contribution in [0.5, 0.6) is 0 Å². The van der Waals surface area contributed by atoms with Crippen molar-refractivity contribution in [2.75, 3.05) is 0 Å². The van der Waals surface area contributed by atoms with Gasteiger partial charge in [0, 0.05) is 0 Å². The molecule has 1 aromatic heterocycles. The Labute approximate surface area is 134 Å². The summed E-state index contributed by atoms with van der Waals surface area (Å²) in [6.45, 7) is 1.99. The Kier molecular flexibility index (Phi) is 5.73. The molecular weight excluding hydrogens is 320 g/mol. The van der Waals surface area contributed by atoms with Crippen molar-refractivity contribution in [1.29, 1.82) is 0 Å². The quantitative estimate of drug-likeness (QED) is 0.678. The number of hydrogen-bond donors (Lipinski definition) is 2. The highest BCUT2D eigenvalue weighted by Crippen LogP contribution is 2.16. The summed E-state index contributed by atoms with van der Waals surface area (Å²) < 4.78 is 31.9. The van der Waals surface area contributed by atoms with E-state index in [4.69, 9.17) is 9.52 Å². The third kappa shape index (κ3) is 5.04. The van der Waals surface area contributed by atoms with Gasteiger partial charge < -0.3 is 9.52 Å². The maximum atomic E-state index is 12.1. The second kappa shape index (κ2) is 7.56. The molecule has 2 aromatic rings.